The minimum absolute atomic E-state index is 0.00155. The summed E-state index contributed by atoms with van der Waals surface area (Å²) < 4.78 is 0. The van der Waals surface area contributed by atoms with Crippen molar-refractivity contribution >= 4 is 17.2 Å². The van der Waals surface area contributed by atoms with Gasteiger partial charge in [-0.3, -0.25) is 9.78 Å². The van der Waals surface area contributed by atoms with Crippen molar-refractivity contribution in [1.82, 2.24) is 10.3 Å². The first-order chi connectivity index (χ1) is 7.77. The molecule has 0 aliphatic heterocycles. The summed E-state index contributed by atoms with van der Waals surface area (Å²) in [5, 5.41) is 2.94. The van der Waals surface area contributed by atoms with Gasteiger partial charge in [0.25, 0.3) is 0 Å². The molecule has 0 bridgehead atoms. The van der Waals surface area contributed by atoms with Crippen LogP contribution >= 0.6 is 11.3 Å². The molecule has 1 aromatic rings. The number of nitrogens with two attached hydrogens (primary N) is 1. The average Bonchev–Trinajstić information content (AvgIpc) is 2.79. The van der Waals surface area contributed by atoms with Crippen LogP contribution in [0.4, 0.5) is 0 Å². The van der Waals surface area contributed by atoms with E-state index in [-0.39, 0.29) is 17.9 Å². The standard InChI is InChI=1S/C11H17N3OS/c12-10-4-2-1-3-9(10)11(15)14-6-8-5-13-7-16-8/h5,7,9-10H,1-4,6,12H2,(H,14,15). The number of carbonyl (C=O) groups is 1. The lowest BCUT2D eigenvalue weighted by molar-refractivity contribution is -0.126. The number of amides is 1. The molecule has 0 saturated heterocycles. The normalized spacial score (nSPS) is 25.3. The summed E-state index contributed by atoms with van der Waals surface area (Å²) in [4.78, 5) is 16.9. The van der Waals surface area contributed by atoms with Gasteiger partial charge in [-0.05, 0) is 12.8 Å². The number of nitrogens with one attached hydrogen (secondary N) is 1. The molecule has 5 heteroatoms. The molecule has 1 aromatic heterocycles. The summed E-state index contributed by atoms with van der Waals surface area (Å²) in [5.41, 5.74) is 7.73. The molecule has 4 nitrogen and oxygen atoms in total. The smallest absolute Gasteiger partial charge is 0.224 e. The third-order valence-electron chi connectivity index (χ3n) is 3.08. The lowest BCUT2D eigenvalue weighted by atomic mass is 9.84. The molecule has 1 aliphatic rings. The van der Waals surface area contributed by atoms with Crippen molar-refractivity contribution in [3.8, 4) is 0 Å². The molecule has 88 valence electrons. The predicted molar refractivity (Wildman–Crippen MR) is 63.9 cm³/mol. The van der Waals surface area contributed by atoms with Gasteiger partial charge in [0.15, 0.2) is 0 Å². The van der Waals surface area contributed by atoms with Crippen LogP contribution in [-0.4, -0.2) is 16.9 Å². The second kappa shape index (κ2) is 5.41. The van der Waals surface area contributed by atoms with Crippen LogP contribution in [0, 0.1) is 5.92 Å². The lowest BCUT2D eigenvalue weighted by Crippen LogP contribution is -2.43. The Kier molecular flexibility index (Phi) is 3.90. The van der Waals surface area contributed by atoms with Gasteiger partial charge in [-0.25, -0.2) is 0 Å². The fraction of sp³-hybridized carbons (Fsp3) is 0.636. The van der Waals surface area contributed by atoms with E-state index in [0.717, 1.165) is 30.6 Å². The molecule has 16 heavy (non-hydrogen) atoms. The fourth-order valence-electron chi connectivity index (χ4n) is 2.12. The average molecular weight is 239 g/mol. The molecule has 0 aromatic carbocycles. The highest BCUT2D eigenvalue weighted by Gasteiger charge is 2.27. The number of aromatic nitrogens is 1. The van der Waals surface area contributed by atoms with Crippen LogP contribution in [0.25, 0.3) is 0 Å². The van der Waals surface area contributed by atoms with Crippen LogP contribution in [0.3, 0.4) is 0 Å². The van der Waals surface area contributed by atoms with E-state index in [9.17, 15) is 4.79 Å². The Morgan fingerprint density at radius 3 is 3.06 bits per heavy atom. The summed E-state index contributed by atoms with van der Waals surface area (Å²) >= 11 is 1.56. The van der Waals surface area contributed by atoms with E-state index in [1.807, 2.05) is 0 Å². The van der Waals surface area contributed by atoms with Crippen LogP contribution in [-0.2, 0) is 11.3 Å². The third kappa shape index (κ3) is 2.80. The van der Waals surface area contributed by atoms with Crippen molar-refractivity contribution in [1.29, 1.82) is 0 Å². The van der Waals surface area contributed by atoms with Crippen LogP contribution in [0.5, 0.6) is 0 Å². The molecule has 2 unspecified atom stereocenters. The van der Waals surface area contributed by atoms with Gasteiger partial charge in [0.2, 0.25) is 5.91 Å². The van der Waals surface area contributed by atoms with Gasteiger partial charge in [0.1, 0.15) is 0 Å². The molecule has 1 fully saturated rings. The van der Waals surface area contributed by atoms with Crippen molar-refractivity contribution in [3.63, 3.8) is 0 Å². The molecule has 0 radical (unpaired) electrons. The molecular formula is C11H17N3OS. The topological polar surface area (TPSA) is 68.0 Å². The Morgan fingerprint density at radius 1 is 1.56 bits per heavy atom. The summed E-state index contributed by atoms with van der Waals surface area (Å²) in [6.07, 6.45) is 5.95. The highest BCUT2D eigenvalue weighted by Crippen LogP contribution is 2.23. The van der Waals surface area contributed by atoms with Gasteiger partial charge < -0.3 is 11.1 Å². The number of nitrogens with zero attached hydrogens (tertiary/aromatic N) is 1. The Labute approximate surface area is 99.3 Å². The number of rotatable bonds is 3. The minimum atomic E-state index is 0.00155. The van der Waals surface area contributed by atoms with Crippen LogP contribution in [0.15, 0.2) is 11.7 Å². The number of thiazole rings is 1. The second-order valence-electron chi connectivity index (χ2n) is 4.24. The Balaban J connectivity index is 1.83. The zero-order valence-corrected chi connectivity index (χ0v) is 10.0. The maximum atomic E-state index is 11.9. The van der Waals surface area contributed by atoms with E-state index >= 15 is 0 Å². The number of hydrogen-bond acceptors (Lipinski definition) is 4. The van der Waals surface area contributed by atoms with Gasteiger partial charge in [0, 0.05) is 17.1 Å². The molecule has 2 atom stereocenters. The summed E-state index contributed by atoms with van der Waals surface area (Å²) in [6.45, 7) is 0.576. The maximum Gasteiger partial charge on any atom is 0.224 e. The second-order valence-corrected chi connectivity index (χ2v) is 5.21. The van der Waals surface area contributed by atoms with E-state index < -0.39 is 0 Å². The molecule has 0 spiro atoms. The fourth-order valence-corrected chi connectivity index (χ4v) is 2.65. The first-order valence-corrected chi connectivity index (χ1v) is 6.56. The monoisotopic (exact) mass is 239 g/mol. The highest BCUT2D eigenvalue weighted by atomic mass is 32.1. The van der Waals surface area contributed by atoms with E-state index in [4.69, 9.17) is 5.73 Å². The van der Waals surface area contributed by atoms with Crippen molar-refractivity contribution < 1.29 is 4.79 Å². The third-order valence-corrected chi connectivity index (χ3v) is 3.86. The first kappa shape index (κ1) is 11.5. The molecule has 1 saturated carbocycles. The number of hydrogen-bond donors (Lipinski definition) is 2. The van der Waals surface area contributed by atoms with E-state index in [0.29, 0.717) is 6.54 Å². The van der Waals surface area contributed by atoms with E-state index in [2.05, 4.69) is 10.3 Å². The zero-order chi connectivity index (χ0) is 11.4. The lowest BCUT2D eigenvalue weighted by Gasteiger charge is -2.27. The van der Waals surface area contributed by atoms with E-state index in [1.54, 1.807) is 23.0 Å². The van der Waals surface area contributed by atoms with Crippen LogP contribution in [0.1, 0.15) is 30.6 Å². The van der Waals surface area contributed by atoms with Gasteiger partial charge in [-0.2, -0.15) is 0 Å². The van der Waals surface area contributed by atoms with Crippen LogP contribution < -0.4 is 11.1 Å². The predicted octanol–water partition coefficient (Wildman–Crippen LogP) is 1.28. The van der Waals surface area contributed by atoms with E-state index in [1.165, 1.54) is 0 Å². The summed E-state index contributed by atoms with van der Waals surface area (Å²) in [6, 6.07) is 0.0372. The SMILES string of the molecule is NC1CCCCC1C(=O)NCc1cncs1. The quantitative estimate of drug-likeness (QED) is 0.835. The molecular weight excluding hydrogens is 222 g/mol. The largest absolute Gasteiger partial charge is 0.351 e. The Bertz CT molecular complexity index is 339. The van der Waals surface area contributed by atoms with Gasteiger partial charge in [-0.15, -0.1) is 11.3 Å². The van der Waals surface area contributed by atoms with Crippen molar-refractivity contribution in [2.75, 3.05) is 0 Å². The summed E-state index contributed by atoms with van der Waals surface area (Å²) in [5.74, 6) is 0.0993. The van der Waals surface area contributed by atoms with Crippen molar-refractivity contribution in [3.05, 3.63) is 16.6 Å². The highest BCUT2D eigenvalue weighted by molar-refractivity contribution is 7.09. The van der Waals surface area contributed by atoms with Gasteiger partial charge >= 0.3 is 0 Å². The molecule has 2 rings (SSSR count). The molecule has 1 amide bonds. The Morgan fingerprint density at radius 2 is 2.38 bits per heavy atom. The van der Waals surface area contributed by atoms with Crippen molar-refractivity contribution in [2.45, 2.75) is 38.3 Å². The van der Waals surface area contributed by atoms with Crippen LogP contribution in [0.2, 0.25) is 0 Å². The Hall–Kier alpha value is -0.940. The van der Waals surface area contributed by atoms with Crippen molar-refractivity contribution in [2.24, 2.45) is 11.7 Å². The van der Waals surface area contributed by atoms with Gasteiger partial charge in [-0.1, -0.05) is 12.8 Å². The maximum absolute atomic E-state index is 11.9. The molecule has 1 aliphatic carbocycles. The minimum Gasteiger partial charge on any atom is -0.351 e. The first-order valence-electron chi connectivity index (χ1n) is 5.68. The molecule has 1 heterocycles. The zero-order valence-electron chi connectivity index (χ0n) is 9.19. The number of carbonyl (C=O) groups excluding carboxylic acids is 1. The van der Waals surface area contributed by atoms with Gasteiger partial charge in [0.05, 0.1) is 18.0 Å². The summed E-state index contributed by atoms with van der Waals surface area (Å²) in [7, 11) is 0. The molecule has 3 N–H and O–H groups in total.